The molecule has 1 heterocycles. The molecule has 0 saturated carbocycles. The molecular weight excluding hydrogens is 605 g/mol. The van der Waals surface area contributed by atoms with Gasteiger partial charge in [0.2, 0.25) is 0 Å². The van der Waals surface area contributed by atoms with Crippen LogP contribution in [0.4, 0.5) is 0 Å². The number of hydrogen-bond donors (Lipinski definition) is 0. The predicted octanol–water partition coefficient (Wildman–Crippen LogP) is 12.2. The van der Waals surface area contributed by atoms with E-state index in [2.05, 4.69) is 173 Å². The first kappa shape index (κ1) is 31.9. The summed E-state index contributed by atoms with van der Waals surface area (Å²) in [6, 6.07) is 46.1. The number of hydrogen-bond acceptors (Lipinski definition) is 2. The summed E-state index contributed by atoms with van der Waals surface area (Å²) in [5, 5.41) is 0. The number of aliphatic imine (C=N–C) groups is 2. The summed E-state index contributed by atoms with van der Waals surface area (Å²) in [5.41, 5.74) is 16.3. The highest BCUT2D eigenvalue weighted by atomic mass is 15.0. The summed E-state index contributed by atoms with van der Waals surface area (Å²) >= 11 is 0. The van der Waals surface area contributed by atoms with Crippen LogP contribution in [0.1, 0.15) is 91.9 Å². The minimum Gasteiger partial charge on any atom is -0.258 e. The van der Waals surface area contributed by atoms with Crippen molar-refractivity contribution in [2.24, 2.45) is 15.9 Å². The zero-order valence-electron chi connectivity index (χ0n) is 29.5. The van der Waals surface area contributed by atoms with Crippen molar-refractivity contribution in [2.75, 3.05) is 0 Å². The molecule has 5 aromatic rings. The van der Waals surface area contributed by atoms with Crippen LogP contribution in [-0.2, 0) is 5.41 Å². The second kappa shape index (κ2) is 13.2. The van der Waals surface area contributed by atoms with Gasteiger partial charge in [-0.3, -0.25) is 4.99 Å². The number of amidine groups is 1. The molecule has 50 heavy (non-hydrogen) atoms. The lowest BCUT2D eigenvalue weighted by Gasteiger charge is -2.26. The van der Waals surface area contributed by atoms with Crippen LogP contribution in [0.2, 0.25) is 0 Å². The first-order valence-corrected chi connectivity index (χ1v) is 18.1. The van der Waals surface area contributed by atoms with Gasteiger partial charge in [-0.1, -0.05) is 166 Å². The highest BCUT2D eigenvalue weighted by Gasteiger charge is 2.37. The SMILES string of the molecule is CC1=CCC(c2ccccc2)=CC=C1c1ccc(C2/N=C(c3cccc4c3-c3ccccc3C4(C)C)\N=C(\c3ccccc3)CCC2C)cc1. The van der Waals surface area contributed by atoms with Crippen LogP contribution in [0, 0.1) is 5.92 Å². The number of benzene rings is 5. The van der Waals surface area contributed by atoms with E-state index in [0.717, 1.165) is 36.4 Å². The van der Waals surface area contributed by atoms with E-state index >= 15 is 0 Å². The Labute approximate surface area is 297 Å². The van der Waals surface area contributed by atoms with Crippen molar-refractivity contribution >= 4 is 22.7 Å². The molecule has 0 spiro atoms. The Morgan fingerprint density at radius 2 is 1.30 bits per heavy atom. The first-order valence-electron chi connectivity index (χ1n) is 18.1. The summed E-state index contributed by atoms with van der Waals surface area (Å²) in [6.45, 7) is 9.27. The average molecular weight is 649 g/mol. The quantitative estimate of drug-likeness (QED) is 0.181. The molecule has 0 fully saturated rings. The van der Waals surface area contributed by atoms with Gasteiger partial charge in [0.25, 0.3) is 0 Å². The fourth-order valence-electron chi connectivity index (χ4n) is 8.11. The van der Waals surface area contributed by atoms with Crippen LogP contribution in [0.3, 0.4) is 0 Å². The van der Waals surface area contributed by atoms with E-state index in [-0.39, 0.29) is 11.5 Å². The number of fused-ring (bicyclic) bond motifs is 3. The van der Waals surface area contributed by atoms with Crippen molar-refractivity contribution in [3.8, 4) is 11.1 Å². The molecular formula is C48H44N2. The maximum absolute atomic E-state index is 5.64. The normalized spacial score (nSPS) is 21.8. The van der Waals surface area contributed by atoms with Crippen molar-refractivity contribution in [1.82, 2.24) is 0 Å². The van der Waals surface area contributed by atoms with Crippen LogP contribution in [-0.4, -0.2) is 11.5 Å². The lowest BCUT2D eigenvalue weighted by atomic mass is 9.82. The second-order valence-electron chi connectivity index (χ2n) is 14.6. The number of rotatable bonds is 5. The maximum Gasteiger partial charge on any atom is 0.156 e. The molecule has 5 aromatic carbocycles. The van der Waals surface area contributed by atoms with Crippen molar-refractivity contribution < 1.29 is 0 Å². The molecule has 1 aliphatic heterocycles. The van der Waals surface area contributed by atoms with E-state index in [1.807, 2.05) is 0 Å². The molecule has 3 aliphatic rings. The average Bonchev–Trinajstić information content (AvgIpc) is 3.24. The third-order valence-electron chi connectivity index (χ3n) is 11.0. The molecule has 0 amide bonds. The molecule has 0 saturated heterocycles. The lowest BCUT2D eigenvalue weighted by molar-refractivity contribution is 0.446. The monoisotopic (exact) mass is 648 g/mol. The van der Waals surface area contributed by atoms with Crippen molar-refractivity contribution in [3.63, 3.8) is 0 Å². The number of allylic oxidation sites excluding steroid dienone is 6. The van der Waals surface area contributed by atoms with Gasteiger partial charge < -0.3 is 0 Å². The summed E-state index contributed by atoms with van der Waals surface area (Å²) in [4.78, 5) is 11.1. The van der Waals surface area contributed by atoms with Crippen molar-refractivity contribution in [1.29, 1.82) is 0 Å². The second-order valence-corrected chi connectivity index (χ2v) is 14.6. The Morgan fingerprint density at radius 1 is 0.640 bits per heavy atom. The molecule has 8 rings (SSSR count). The third-order valence-corrected chi connectivity index (χ3v) is 11.0. The minimum absolute atomic E-state index is 0.00929. The van der Waals surface area contributed by atoms with E-state index in [9.17, 15) is 0 Å². The molecule has 2 atom stereocenters. The van der Waals surface area contributed by atoms with Gasteiger partial charge in [0.15, 0.2) is 5.84 Å². The zero-order valence-corrected chi connectivity index (χ0v) is 29.5. The third kappa shape index (κ3) is 5.83. The van der Waals surface area contributed by atoms with Crippen molar-refractivity contribution in [3.05, 3.63) is 190 Å². The molecule has 2 aliphatic carbocycles. The Bertz CT molecular complexity index is 2210. The smallest absolute Gasteiger partial charge is 0.156 e. The van der Waals surface area contributed by atoms with Crippen LogP contribution < -0.4 is 0 Å². The Hall–Kier alpha value is -5.34. The van der Waals surface area contributed by atoms with Gasteiger partial charge in [0.05, 0.1) is 11.8 Å². The van der Waals surface area contributed by atoms with E-state index in [1.54, 1.807) is 0 Å². The van der Waals surface area contributed by atoms with Gasteiger partial charge in [-0.2, -0.15) is 0 Å². The standard InChI is InChI=1S/C48H44N2/c1-32-22-24-35(34-14-7-5-8-15-34)29-30-39(32)36-25-27-38(28-26-36)46-33(2)23-31-44(37-16-9-6-10-17-37)49-47(50-46)41-19-13-21-43-45(41)40-18-11-12-20-42(40)48(43,3)4/h5-22,25-30,33,46H,23-24,31H2,1-4H3/b49-44+,50-47-. The fraction of sp³-hybridized carbons (Fsp3) is 0.208. The van der Waals surface area contributed by atoms with E-state index in [1.165, 1.54) is 61.2 Å². The van der Waals surface area contributed by atoms with Crippen LogP contribution in [0.5, 0.6) is 0 Å². The summed E-state index contributed by atoms with van der Waals surface area (Å²) in [7, 11) is 0. The first-order chi connectivity index (χ1) is 24.4. The highest BCUT2D eigenvalue weighted by molar-refractivity contribution is 6.15. The summed E-state index contributed by atoms with van der Waals surface area (Å²) in [5.74, 6) is 1.17. The van der Waals surface area contributed by atoms with Gasteiger partial charge in [-0.25, -0.2) is 4.99 Å². The molecule has 246 valence electrons. The topological polar surface area (TPSA) is 24.7 Å². The summed E-state index contributed by atoms with van der Waals surface area (Å²) in [6.07, 6.45) is 9.79. The zero-order chi connectivity index (χ0) is 34.2. The summed E-state index contributed by atoms with van der Waals surface area (Å²) < 4.78 is 0. The minimum atomic E-state index is -0.0884. The van der Waals surface area contributed by atoms with E-state index in [0.29, 0.717) is 5.92 Å². The van der Waals surface area contributed by atoms with Gasteiger partial charge in [-0.05, 0) is 93.3 Å². The van der Waals surface area contributed by atoms with Gasteiger partial charge in [-0.15, -0.1) is 0 Å². The number of nitrogens with zero attached hydrogens (tertiary/aromatic N) is 2. The molecule has 0 aromatic heterocycles. The lowest BCUT2D eigenvalue weighted by Crippen LogP contribution is -2.19. The Morgan fingerprint density at radius 3 is 2.06 bits per heavy atom. The van der Waals surface area contributed by atoms with E-state index in [4.69, 9.17) is 9.98 Å². The molecule has 0 radical (unpaired) electrons. The fourth-order valence-corrected chi connectivity index (χ4v) is 8.11. The van der Waals surface area contributed by atoms with Crippen LogP contribution in [0.25, 0.3) is 22.3 Å². The maximum atomic E-state index is 5.64. The van der Waals surface area contributed by atoms with Crippen LogP contribution >= 0.6 is 0 Å². The Balaban J connectivity index is 1.22. The Kier molecular flexibility index (Phi) is 8.41. The molecule has 2 unspecified atom stereocenters. The van der Waals surface area contributed by atoms with Crippen LogP contribution in [0.15, 0.2) is 161 Å². The predicted molar refractivity (Wildman–Crippen MR) is 212 cm³/mol. The van der Waals surface area contributed by atoms with Gasteiger partial charge in [0, 0.05) is 11.0 Å². The van der Waals surface area contributed by atoms with Crippen molar-refractivity contribution in [2.45, 2.75) is 58.4 Å². The molecule has 0 bridgehead atoms. The highest BCUT2D eigenvalue weighted by Crippen LogP contribution is 2.50. The molecule has 2 nitrogen and oxygen atoms in total. The molecule has 2 heteroatoms. The van der Waals surface area contributed by atoms with E-state index < -0.39 is 0 Å². The molecule has 0 N–H and O–H groups in total. The largest absolute Gasteiger partial charge is 0.258 e. The van der Waals surface area contributed by atoms with Gasteiger partial charge in [0.1, 0.15) is 0 Å². The van der Waals surface area contributed by atoms with Gasteiger partial charge >= 0.3 is 0 Å².